The molecule has 150 valence electrons. The van der Waals surface area contributed by atoms with Crippen molar-refractivity contribution in [2.45, 2.75) is 5.16 Å². The van der Waals surface area contributed by atoms with E-state index in [1.807, 2.05) is 36.4 Å². The van der Waals surface area contributed by atoms with Crippen molar-refractivity contribution in [3.8, 4) is 17.1 Å². The third-order valence-corrected chi connectivity index (χ3v) is 5.52. The van der Waals surface area contributed by atoms with E-state index in [2.05, 4.69) is 36.4 Å². The third-order valence-electron chi connectivity index (χ3n) is 4.10. The summed E-state index contributed by atoms with van der Waals surface area (Å²) >= 11 is 4.63. The van der Waals surface area contributed by atoms with Gasteiger partial charge >= 0.3 is 0 Å². The van der Waals surface area contributed by atoms with E-state index in [-0.39, 0.29) is 17.5 Å². The molecule has 0 saturated carbocycles. The molecule has 0 bridgehead atoms. The second-order valence-corrected chi connectivity index (χ2v) is 8.06. The number of carbonyl (C=O) groups excluding carboxylic acids is 1. The molecule has 0 fully saturated rings. The fourth-order valence-electron chi connectivity index (χ4n) is 2.77. The number of anilines is 1. The summed E-state index contributed by atoms with van der Waals surface area (Å²) in [6, 6.07) is 17.1. The van der Waals surface area contributed by atoms with Crippen molar-refractivity contribution in [3.63, 3.8) is 0 Å². The monoisotopic (exact) mass is 483 g/mol. The summed E-state index contributed by atoms with van der Waals surface area (Å²) < 4.78 is 16.1. The molecule has 4 rings (SSSR count). The lowest BCUT2D eigenvalue weighted by Gasteiger charge is -2.10. The molecule has 9 heteroatoms. The molecule has 1 amide bonds. The average Bonchev–Trinajstić information content (AvgIpc) is 3.17. The number of nitrogens with zero attached hydrogens (tertiary/aromatic N) is 4. The van der Waals surface area contributed by atoms with E-state index in [9.17, 15) is 9.18 Å². The summed E-state index contributed by atoms with van der Waals surface area (Å²) in [6.45, 7) is 0. The summed E-state index contributed by atoms with van der Waals surface area (Å²) in [6.07, 6.45) is 3.33. The van der Waals surface area contributed by atoms with Crippen molar-refractivity contribution < 1.29 is 9.18 Å². The fourth-order valence-corrected chi connectivity index (χ4v) is 3.92. The van der Waals surface area contributed by atoms with Gasteiger partial charge in [-0.3, -0.25) is 14.3 Å². The highest BCUT2D eigenvalue weighted by Crippen LogP contribution is 2.28. The first-order chi connectivity index (χ1) is 14.6. The maximum absolute atomic E-state index is 13.4. The first-order valence-corrected chi connectivity index (χ1v) is 10.7. The standard InChI is InChI=1S/C21H15BrFN5OS/c22-15-2-1-3-17(12-15)25-19(29)13-30-21-27-26-20(14-8-10-24-11-9-14)28(21)18-6-4-16(23)5-7-18/h1-12H,13H2,(H,25,29). The lowest BCUT2D eigenvalue weighted by molar-refractivity contribution is -0.113. The first kappa shape index (κ1) is 20.2. The topological polar surface area (TPSA) is 72.7 Å². The second kappa shape index (κ2) is 9.19. The first-order valence-electron chi connectivity index (χ1n) is 8.90. The van der Waals surface area contributed by atoms with Crippen LogP contribution in [0.3, 0.4) is 0 Å². The van der Waals surface area contributed by atoms with E-state index in [1.54, 1.807) is 29.1 Å². The predicted octanol–water partition coefficient (Wildman–Crippen LogP) is 4.96. The normalized spacial score (nSPS) is 10.7. The van der Waals surface area contributed by atoms with Gasteiger partial charge in [0.15, 0.2) is 11.0 Å². The van der Waals surface area contributed by atoms with E-state index in [4.69, 9.17) is 0 Å². The van der Waals surface area contributed by atoms with Gasteiger partial charge in [-0.05, 0) is 54.6 Å². The van der Waals surface area contributed by atoms with Crippen molar-refractivity contribution in [3.05, 3.63) is 83.3 Å². The van der Waals surface area contributed by atoms with Crippen LogP contribution in [0.15, 0.2) is 82.7 Å². The van der Waals surface area contributed by atoms with Crippen LogP contribution in [0.4, 0.5) is 10.1 Å². The number of amides is 1. The largest absolute Gasteiger partial charge is 0.325 e. The Balaban J connectivity index is 1.59. The molecule has 6 nitrogen and oxygen atoms in total. The van der Waals surface area contributed by atoms with E-state index < -0.39 is 0 Å². The van der Waals surface area contributed by atoms with Crippen LogP contribution in [0.1, 0.15) is 0 Å². The van der Waals surface area contributed by atoms with E-state index in [1.165, 1.54) is 23.9 Å². The van der Waals surface area contributed by atoms with Crippen molar-refractivity contribution in [1.29, 1.82) is 0 Å². The number of rotatable bonds is 6. The molecule has 0 radical (unpaired) electrons. The van der Waals surface area contributed by atoms with Crippen LogP contribution in [0, 0.1) is 5.82 Å². The number of thioether (sulfide) groups is 1. The number of nitrogens with one attached hydrogen (secondary N) is 1. The third kappa shape index (κ3) is 4.74. The number of carbonyl (C=O) groups is 1. The van der Waals surface area contributed by atoms with Gasteiger partial charge < -0.3 is 5.32 Å². The van der Waals surface area contributed by atoms with Crippen LogP contribution in [0.25, 0.3) is 17.1 Å². The highest BCUT2D eigenvalue weighted by Gasteiger charge is 2.17. The van der Waals surface area contributed by atoms with Gasteiger partial charge in [-0.25, -0.2) is 4.39 Å². The molecule has 0 saturated heterocycles. The minimum Gasteiger partial charge on any atom is -0.325 e. The van der Waals surface area contributed by atoms with Crippen LogP contribution < -0.4 is 5.32 Å². The number of aromatic nitrogens is 4. The molecule has 2 heterocycles. The van der Waals surface area contributed by atoms with Crippen LogP contribution in [0.5, 0.6) is 0 Å². The van der Waals surface area contributed by atoms with Gasteiger partial charge in [0.05, 0.1) is 5.75 Å². The van der Waals surface area contributed by atoms with E-state index >= 15 is 0 Å². The second-order valence-electron chi connectivity index (χ2n) is 6.20. The number of pyridine rings is 1. The van der Waals surface area contributed by atoms with Crippen molar-refractivity contribution in [1.82, 2.24) is 19.7 Å². The fraction of sp³-hybridized carbons (Fsp3) is 0.0476. The molecule has 2 aromatic carbocycles. The number of hydrogen-bond donors (Lipinski definition) is 1. The van der Waals surface area contributed by atoms with Gasteiger partial charge in [0.2, 0.25) is 5.91 Å². The lowest BCUT2D eigenvalue weighted by atomic mass is 10.2. The summed E-state index contributed by atoms with van der Waals surface area (Å²) in [4.78, 5) is 16.4. The SMILES string of the molecule is O=C(CSc1nnc(-c2ccncc2)n1-c1ccc(F)cc1)Nc1cccc(Br)c1. The maximum Gasteiger partial charge on any atom is 0.234 e. The van der Waals surface area contributed by atoms with Gasteiger partial charge in [-0.2, -0.15) is 0 Å². The van der Waals surface area contributed by atoms with Crippen molar-refractivity contribution >= 4 is 39.3 Å². The minimum atomic E-state index is -0.333. The Bertz CT molecular complexity index is 1170. The highest BCUT2D eigenvalue weighted by atomic mass is 79.9. The van der Waals surface area contributed by atoms with E-state index in [0.29, 0.717) is 22.4 Å². The van der Waals surface area contributed by atoms with Crippen LogP contribution >= 0.6 is 27.7 Å². The zero-order valence-corrected chi connectivity index (χ0v) is 17.9. The highest BCUT2D eigenvalue weighted by molar-refractivity contribution is 9.10. The summed E-state index contributed by atoms with van der Waals surface area (Å²) in [5, 5.41) is 11.9. The number of halogens is 2. The number of hydrogen-bond acceptors (Lipinski definition) is 5. The summed E-state index contributed by atoms with van der Waals surface area (Å²) in [5.74, 6) is 0.221. The molecule has 0 aliphatic heterocycles. The predicted molar refractivity (Wildman–Crippen MR) is 118 cm³/mol. The van der Waals surface area contributed by atoms with Gasteiger partial charge in [0.1, 0.15) is 5.82 Å². The molecule has 0 spiro atoms. The maximum atomic E-state index is 13.4. The lowest BCUT2D eigenvalue weighted by Crippen LogP contribution is -2.14. The zero-order valence-electron chi connectivity index (χ0n) is 15.5. The molecule has 4 aromatic rings. The molecular formula is C21H15BrFN5OS. The Morgan fingerprint density at radius 3 is 2.57 bits per heavy atom. The molecule has 0 atom stereocenters. The van der Waals surface area contributed by atoms with Gasteiger partial charge in [-0.15, -0.1) is 10.2 Å². The Morgan fingerprint density at radius 1 is 1.07 bits per heavy atom. The molecule has 0 unspecified atom stereocenters. The smallest absolute Gasteiger partial charge is 0.234 e. The van der Waals surface area contributed by atoms with Gasteiger partial charge in [0.25, 0.3) is 0 Å². The molecule has 30 heavy (non-hydrogen) atoms. The van der Waals surface area contributed by atoms with Gasteiger partial charge in [0, 0.05) is 33.8 Å². The van der Waals surface area contributed by atoms with Gasteiger partial charge in [-0.1, -0.05) is 33.8 Å². The molecular weight excluding hydrogens is 469 g/mol. The molecule has 0 aliphatic rings. The van der Waals surface area contributed by atoms with Crippen LogP contribution in [-0.2, 0) is 4.79 Å². The average molecular weight is 484 g/mol. The Labute approximate surface area is 184 Å². The molecule has 1 N–H and O–H groups in total. The Kier molecular flexibility index (Phi) is 6.20. The minimum absolute atomic E-state index is 0.141. The molecule has 2 aromatic heterocycles. The van der Waals surface area contributed by atoms with E-state index in [0.717, 1.165) is 10.0 Å². The Morgan fingerprint density at radius 2 is 1.83 bits per heavy atom. The zero-order chi connectivity index (χ0) is 20.9. The number of benzene rings is 2. The van der Waals surface area contributed by atoms with Crippen molar-refractivity contribution in [2.24, 2.45) is 0 Å². The van der Waals surface area contributed by atoms with Crippen LogP contribution in [-0.4, -0.2) is 31.4 Å². The summed E-state index contributed by atoms with van der Waals surface area (Å²) in [5.41, 5.74) is 2.21. The summed E-state index contributed by atoms with van der Waals surface area (Å²) in [7, 11) is 0. The molecule has 0 aliphatic carbocycles. The Hall–Kier alpha value is -3.04. The quantitative estimate of drug-likeness (QED) is 0.392. The van der Waals surface area contributed by atoms with Crippen molar-refractivity contribution in [2.75, 3.05) is 11.1 Å². The van der Waals surface area contributed by atoms with Crippen LogP contribution in [0.2, 0.25) is 0 Å².